The fourth-order valence-corrected chi connectivity index (χ4v) is 5.21. The van der Waals surface area contributed by atoms with Gasteiger partial charge in [-0.2, -0.15) is 0 Å². The number of benzene rings is 2. The van der Waals surface area contributed by atoms with Crippen molar-refractivity contribution in [1.82, 2.24) is 19.7 Å². The summed E-state index contributed by atoms with van der Waals surface area (Å²) in [5, 5.41) is 3.78. The number of allylic oxidation sites excluding steroid dienone is 4. The lowest BCUT2D eigenvalue weighted by Crippen LogP contribution is -2.29. The molecule has 2 aromatic carbocycles. The number of hydrogen-bond acceptors (Lipinski definition) is 6. The molecule has 0 spiro atoms. The molecular formula is C32H33FN4O4. The number of aryl methyl sites for hydroxylation is 2. The second-order valence-electron chi connectivity index (χ2n) is 10.4. The van der Waals surface area contributed by atoms with Crippen molar-refractivity contribution in [3.8, 4) is 22.5 Å². The van der Waals surface area contributed by atoms with Crippen molar-refractivity contribution in [2.75, 3.05) is 0 Å². The maximum absolute atomic E-state index is 15.6. The number of halogens is 1. The molecule has 0 aliphatic heterocycles. The Hall–Kier alpha value is -4.53. The second kappa shape index (κ2) is 11.9. The van der Waals surface area contributed by atoms with Crippen LogP contribution < -0.4 is 11.3 Å². The number of H-pyrrole nitrogens is 1. The summed E-state index contributed by atoms with van der Waals surface area (Å²) >= 11 is 0. The zero-order chi connectivity index (χ0) is 29.1. The number of ether oxygens (including phenoxy) is 1. The summed E-state index contributed by atoms with van der Waals surface area (Å²) in [5.41, 5.74) is 4.18. The van der Waals surface area contributed by atoms with Crippen molar-refractivity contribution in [2.24, 2.45) is 0 Å². The van der Waals surface area contributed by atoms with Gasteiger partial charge in [-0.15, -0.1) is 0 Å². The summed E-state index contributed by atoms with van der Waals surface area (Å²) < 4.78 is 27.8. The Morgan fingerprint density at radius 3 is 2.51 bits per heavy atom. The molecule has 2 heterocycles. The monoisotopic (exact) mass is 556 g/mol. The number of nitrogens with zero attached hydrogens (tertiary/aromatic N) is 3. The van der Waals surface area contributed by atoms with Gasteiger partial charge in [0.15, 0.2) is 5.82 Å². The molecule has 0 bridgehead atoms. The molecule has 0 radical (unpaired) electrons. The van der Waals surface area contributed by atoms with Crippen LogP contribution >= 0.6 is 0 Å². The van der Waals surface area contributed by atoms with E-state index in [1.807, 2.05) is 52.0 Å². The zero-order valence-corrected chi connectivity index (χ0v) is 23.7. The molecular weight excluding hydrogens is 523 g/mol. The van der Waals surface area contributed by atoms with Gasteiger partial charge in [-0.25, -0.2) is 14.2 Å². The molecule has 212 valence electrons. The van der Waals surface area contributed by atoms with E-state index in [0.717, 1.165) is 17.9 Å². The second-order valence-corrected chi connectivity index (χ2v) is 10.4. The fraction of sp³-hybridized carbons (Fsp3) is 0.312. The first-order chi connectivity index (χ1) is 19.7. The standard InChI is InChI=1S/C32H33FN4O4/c1-5-8-29-27(31(38)37(20(4)34-29)23-13-15-24(16-14-23)40-19(2)3)17-22-12-11-21(18-28(22)33)25-9-6-7-10-26(25)30-35-32(39)41-36-30/h6-7,9-13,15,18-19H,5,8,14,16-17H2,1-4H3,(H,35,36,39). The smallest absolute Gasteiger partial charge is 0.439 e. The zero-order valence-electron chi connectivity index (χ0n) is 23.7. The summed E-state index contributed by atoms with van der Waals surface area (Å²) in [4.78, 5) is 32.8. The Morgan fingerprint density at radius 1 is 1.10 bits per heavy atom. The highest BCUT2D eigenvalue weighted by atomic mass is 19.1. The fourth-order valence-electron chi connectivity index (χ4n) is 5.21. The van der Waals surface area contributed by atoms with Gasteiger partial charge in [0, 0.05) is 29.7 Å². The van der Waals surface area contributed by atoms with Crippen LogP contribution in [0.3, 0.4) is 0 Å². The third-order valence-electron chi connectivity index (χ3n) is 7.03. The van der Waals surface area contributed by atoms with Gasteiger partial charge in [-0.3, -0.25) is 18.9 Å². The Kier molecular flexibility index (Phi) is 8.14. The van der Waals surface area contributed by atoms with Gasteiger partial charge in [-0.05, 0) is 68.5 Å². The highest BCUT2D eigenvalue weighted by molar-refractivity contribution is 5.80. The minimum Gasteiger partial charge on any atom is -0.495 e. The topological polar surface area (TPSA) is 103 Å². The van der Waals surface area contributed by atoms with Gasteiger partial charge in [-0.1, -0.05) is 54.9 Å². The quantitative estimate of drug-likeness (QED) is 0.264. The Labute approximate surface area is 237 Å². The van der Waals surface area contributed by atoms with Gasteiger partial charge in [0.1, 0.15) is 11.6 Å². The lowest BCUT2D eigenvalue weighted by Gasteiger charge is -2.21. The Balaban J connectivity index is 1.51. The van der Waals surface area contributed by atoms with Crippen LogP contribution in [0.25, 0.3) is 28.2 Å². The van der Waals surface area contributed by atoms with Crippen LogP contribution in [0.2, 0.25) is 0 Å². The van der Waals surface area contributed by atoms with Gasteiger partial charge in [0.05, 0.1) is 17.6 Å². The van der Waals surface area contributed by atoms with Crippen molar-refractivity contribution in [3.63, 3.8) is 0 Å². The molecule has 8 nitrogen and oxygen atoms in total. The number of rotatable bonds is 9. The third kappa shape index (κ3) is 5.99. The van der Waals surface area contributed by atoms with E-state index in [0.29, 0.717) is 58.6 Å². The van der Waals surface area contributed by atoms with Crippen LogP contribution in [0.15, 0.2) is 74.5 Å². The van der Waals surface area contributed by atoms with Gasteiger partial charge in [0.25, 0.3) is 5.56 Å². The molecule has 5 rings (SSSR count). The molecule has 1 aliphatic carbocycles. The molecule has 4 aromatic rings. The van der Waals surface area contributed by atoms with Crippen LogP contribution in [0.4, 0.5) is 4.39 Å². The van der Waals surface area contributed by atoms with E-state index in [2.05, 4.69) is 14.7 Å². The van der Waals surface area contributed by atoms with Crippen LogP contribution in [-0.4, -0.2) is 25.8 Å². The average molecular weight is 557 g/mol. The summed E-state index contributed by atoms with van der Waals surface area (Å²) in [5.74, 6) is 0.675. The predicted octanol–water partition coefficient (Wildman–Crippen LogP) is 6.19. The van der Waals surface area contributed by atoms with Crippen molar-refractivity contribution in [3.05, 3.63) is 110 Å². The highest BCUT2D eigenvalue weighted by Crippen LogP contribution is 2.31. The summed E-state index contributed by atoms with van der Waals surface area (Å²) in [6.07, 6.45) is 6.81. The molecule has 9 heteroatoms. The van der Waals surface area contributed by atoms with E-state index in [1.54, 1.807) is 28.8 Å². The minimum atomic E-state index is -0.666. The number of hydrogen-bond donors (Lipinski definition) is 1. The maximum atomic E-state index is 15.6. The molecule has 0 unspecified atom stereocenters. The lowest BCUT2D eigenvalue weighted by molar-refractivity contribution is 0.139. The van der Waals surface area contributed by atoms with Crippen LogP contribution in [0.5, 0.6) is 0 Å². The molecule has 1 aliphatic rings. The molecule has 1 N–H and O–H groups in total. The largest absolute Gasteiger partial charge is 0.495 e. The van der Waals surface area contributed by atoms with E-state index in [4.69, 9.17) is 9.72 Å². The van der Waals surface area contributed by atoms with E-state index in [9.17, 15) is 9.59 Å². The van der Waals surface area contributed by atoms with E-state index < -0.39 is 11.6 Å². The lowest BCUT2D eigenvalue weighted by atomic mass is 9.95. The predicted molar refractivity (Wildman–Crippen MR) is 156 cm³/mol. The first kappa shape index (κ1) is 28.0. The number of aromatic nitrogens is 4. The van der Waals surface area contributed by atoms with Crippen molar-refractivity contribution in [1.29, 1.82) is 0 Å². The number of aromatic amines is 1. The van der Waals surface area contributed by atoms with Crippen molar-refractivity contribution >= 4 is 5.70 Å². The first-order valence-corrected chi connectivity index (χ1v) is 13.9. The minimum absolute atomic E-state index is 0.0865. The first-order valence-electron chi connectivity index (χ1n) is 13.9. The average Bonchev–Trinajstić information content (AvgIpc) is 3.38. The van der Waals surface area contributed by atoms with Crippen LogP contribution in [0.1, 0.15) is 62.7 Å². The van der Waals surface area contributed by atoms with Crippen molar-refractivity contribution in [2.45, 2.75) is 65.9 Å². The van der Waals surface area contributed by atoms with E-state index in [1.165, 1.54) is 6.07 Å². The summed E-state index contributed by atoms with van der Waals surface area (Å²) in [7, 11) is 0. The normalized spacial score (nSPS) is 13.3. The molecule has 0 amide bonds. The van der Waals surface area contributed by atoms with Crippen LogP contribution in [-0.2, 0) is 17.6 Å². The summed E-state index contributed by atoms with van der Waals surface area (Å²) in [6.45, 7) is 7.84. The Bertz CT molecular complexity index is 1760. The third-order valence-corrected chi connectivity index (χ3v) is 7.03. The molecule has 0 saturated carbocycles. The molecule has 0 fully saturated rings. The molecule has 2 aromatic heterocycles. The highest BCUT2D eigenvalue weighted by Gasteiger charge is 2.21. The Morgan fingerprint density at radius 2 is 1.88 bits per heavy atom. The van der Waals surface area contributed by atoms with Gasteiger partial charge < -0.3 is 4.74 Å². The molecule has 41 heavy (non-hydrogen) atoms. The number of nitrogens with one attached hydrogen (secondary N) is 1. The maximum Gasteiger partial charge on any atom is 0.439 e. The van der Waals surface area contributed by atoms with E-state index in [-0.39, 0.29) is 23.9 Å². The summed E-state index contributed by atoms with van der Waals surface area (Å²) in [6, 6.07) is 12.2. The molecule has 0 saturated heterocycles. The van der Waals surface area contributed by atoms with E-state index >= 15 is 4.39 Å². The molecule has 0 atom stereocenters. The van der Waals surface area contributed by atoms with Crippen molar-refractivity contribution < 1.29 is 13.7 Å². The van der Waals surface area contributed by atoms with Gasteiger partial charge >= 0.3 is 5.76 Å². The SMILES string of the molecule is CCCc1nc(C)n(C2=CC=C(OC(C)C)CC2)c(=O)c1Cc1ccc(-c2ccccc2-c2noc(=O)[nH]2)cc1F. The van der Waals surface area contributed by atoms with Gasteiger partial charge in [0.2, 0.25) is 0 Å². The van der Waals surface area contributed by atoms with Crippen LogP contribution in [0, 0.1) is 12.7 Å².